The first-order chi connectivity index (χ1) is 9.99. The fraction of sp³-hybridized carbons (Fsp3) is 0.400. The first kappa shape index (κ1) is 15.2. The van der Waals surface area contributed by atoms with Gasteiger partial charge in [0.2, 0.25) is 0 Å². The van der Waals surface area contributed by atoms with Gasteiger partial charge in [0.1, 0.15) is 0 Å². The Balaban J connectivity index is 2.18. The molecule has 0 fully saturated rings. The average Bonchev–Trinajstić information content (AvgIpc) is 2.98. The van der Waals surface area contributed by atoms with Crippen LogP contribution in [0.2, 0.25) is 0 Å². The zero-order valence-electron chi connectivity index (χ0n) is 12.5. The van der Waals surface area contributed by atoms with Crippen LogP contribution in [0.3, 0.4) is 0 Å². The number of aliphatic hydroxyl groups excluding tert-OH is 1. The van der Waals surface area contributed by atoms with Gasteiger partial charge in [0.15, 0.2) is 0 Å². The molecule has 0 spiro atoms. The monoisotopic (exact) mass is 288 g/mol. The SMILES string of the molecule is CC(O)CN(C(=O)c1ccc(-n2ccnn2)cc1)C(C)C. The van der Waals surface area contributed by atoms with Gasteiger partial charge in [0.05, 0.1) is 24.2 Å². The molecule has 0 bridgehead atoms. The average molecular weight is 288 g/mol. The van der Waals surface area contributed by atoms with E-state index in [1.807, 2.05) is 26.0 Å². The van der Waals surface area contributed by atoms with E-state index < -0.39 is 6.10 Å². The Hall–Kier alpha value is -2.21. The molecule has 21 heavy (non-hydrogen) atoms. The van der Waals surface area contributed by atoms with Crippen LogP contribution in [0.15, 0.2) is 36.7 Å². The van der Waals surface area contributed by atoms with E-state index in [0.29, 0.717) is 12.1 Å². The molecule has 0 radical (unpaired) electrons. The van der Waals surface area contributed by atoms with Crippen molar-refractivity contribution in [3.05, 3.63) is 42.2 Å². The largest absolute Gasteiger partial charge is 0.392 e. The van der Waals surface area contributed by atoms with E-state index in [1.165, 1.54) is 0 Å². The zero-order chi connectivity index (χ0) is 15.4. The molecule has 1 N–H and O–H groups in total. The highest BCUT2D eigenvalue weighted by Crippen LogP contribution is 2.12. The number of benzene rings is 1. The highest BCUT2D eigenvalue weighted by Gasteiger charge is 2.20. The van der Waals surface area contributed by atoms with Gasteiger partial charge >= 0.3 is 0 Å². The number of carbonyl (C=O) groups excluding carboxylic acids is 1. The van der Waals surface area contributed by atoms with Crippen LogP contribution in [0.4, 0.5) is 0 Å². The van der Waals surface area contributed by atoms with Gasteiger partial charge in [-0.2, -0.15) is 0 Å². The summed E-state index contributed by atoms with van der Waals surface area (Å²) in [4.78, 5) is 14.2. The molecular formula is C15H20N4O2. The number of aliphatic hydroxyl groups is 1. The maximum Gasteiger partial charge on any atom is 0.254 e. The number of rotatable bonds is 5. The van der Waals surface area contributed by atoms with Gasteiger partial charge in [0, 0.05) is 18.2 Å². The predicted octanol–water partition coefficient (Wildman–Crippen LogP) is 1.50. The van der Waals surface area contributed by atoms with Crippen molar-refractivity contribution in [3.63, 3.8) is 0 Å². The summed E-state index contributed by atoms with van der Waals surface area (Å²) < 4.78 is 1.63. The highest BCUT2D eigenvalue weighted by atomic mass is 16.3. The van der Waals surface area contributed by atoms with Gasteiger partial charge in [-0.3, -0.25) is 4.79 Å². The van der Waals surface area contributed by atoms with Gasteiger partial charge in [-0.15, -0.1) is 5.10 Å². The second-order valence-corrected chi connectivity index (χ2v) is 5.29. The van der Waals surface area contributed by atoms with Crippen LogP contribution in [0.5, 0.6) is 0 Å². The summed E-state index contributed by atoms with van der Waals surface area (Å²) in [6, 6.07) is 7.20. The molecule has 0 aliphatic rings. The first-order valence-corrected chi connectivity index (χ1v) is 6.95. The molecule has 1 unspecified atom stereocenters. The smallest absolute Gasteiger partial charge is 0.254 e. The quantitative estimate of drug-likeness (QED) is 0.905. The maximum absolute atomic E-state index is 12.5. The Labute approximate surface area is 124 Å². The molecular weight excluding hydrogens is 268 g/mol. The van der Waals surface area contributed by atoms with E-state index in [-0.39, 0.29) is 11.9 Å². The number of nitrogens with zero attached hydrogens (tertiary/aromatic N) is 4. The number of hydrogen-bond donors (Lipinski definition) is 1. The Morgan fingerprint density at radius 2 is 1.95 bits per heavy atom. The zero-order valence-corrected chi connectivity index (χ0v) is 12.5. The van der Waals surface area contributed by atoms with Gasteiger partial charge in [-0.25, -0.2) is 4.68 Å². The highest BCUT2D eigenvalue weighted by molar-refractivity contribution is 5.94. The maximum atomic E-state index is 12.5. The van der Waals surface area contributed by atoms with Gasteiger partial charge in [0.25, 0.3) is 5.91 Å². The molecule has 1 atom stereocenters. The van der Waals surface area contributed by atoms with Crippen molar-refractivity contribution in [1.82, 2.24) is 19.9 Å². The van der Waals surface area contributed by atoms with Crippen molar-refractivity contribution in [3.8, 4) is 5.69 Å². The molecule has 6 nitrogen and oxygen atoms in total. The molecule has 0 saturated carbocycles. The fourth-order valence-electron chi connectivity index (χ4n) is 2.08. The van der Waals surface area contributed by atoms with Crippen LogP contribution in [0, 0.1) is 0 Å². The predicted molar refractivity (Wildman–Crippen MR) is 79.2 cm³/mol. The van der Waals surface area contributed by atoms with E-state index in [0.717, 1.165) is 5.69 Å². The molecule has 112 valence electrons. The molecule has 2 aromatic rings. The minimum absolute atomic E-state index is 0.0297. The third kappa shape index (κ3) is 3.66. The van der Waals surface area contributed by atoms with Crippen LogP contribution in [-0.4, -0.2) is 49.6 Å². The standard InChI is InChI=1S/C15H20N4O2/c1-11(2)18(10-12(3)20)15(21)13-4-6-14(7-5-13)19-9-8-16-17-19/h4-9,11-12,20H,10H2,1-3H3. The molecule has 2 rings (SSSR count). The van der Waals surface area contributed by atoms with Crippen molar-refractivity contribution in [1.29, 1.82) is 0 Å². The third-order valence-electron chi connectivity index (χ3n) is 3.15. The van der Waals surface area contributed by atoms with Crippen LogP contribution in [0.1, 0.15) is 31.1 Å². The van der Waals surface area contributed by atoms with E-state index in [4.69, 9.17) is 0 Å². The van der Waals surface area contributed by atoms with E-state index in [1.54, 1.807) is 41.0 Å². The summed E-state index contributed by atoms with van der Waals surface area (Å²) in [7, 11) is 0. The topological polar surface area (TPSA) is 71.2 Å². The van der Waals surface area contributed by atoms with Gasteiger partial charge in [-0.05, 0) is 45.0 Å². The summed E-state index contributed by atoms with van der Waals surface area (Å²) in [5, 5.41) is 17.2. The van der Waals surface area contributed by atoms with Crippen molar-refractivity contribution in [2.75, 3.05) is 6.54 Å². The third-order valence-corrected chi connectivity index (χ3v) is 3.15. The summed E-state index contributed by atoms with van der Waals surface area (Å²) in [5.41, 5.74) is 1.43. The van der Waals surface area contributed by atoms with Crippen LogP contribution in [0.25, 0.3) is 5.69 Å². The lowest BCUT2D eigenvalue weighted by Crippen LogP contribution is -2.41. The lowest BCUT2D eigenvalue weighted by molar-refractivity contribution is 0.0579. The minimum Gasteiger partial charge on any atom is -0.392 e. The lowest BCUT2D eigenvalue weighted by Gasteiger charge is -2.28. The van der Waals surface area contributed by atoms with Crippen molar-refractivity contribution in [2.45, 2.75) is 32.9 Å². The number of amides is 1. The van der Waals surface area contributed by atoms with Gasteiger partial charge in [-0.1, -0.05) is 5.21 Å². The van der Waals surface area contributed by atoms with Crippen LogP contribution >= 0.6 is 0 Å². The molecule has 6 heteroatoms. The molecule has 0 aliphatic carbocycles. The van der Waals surface area contributed by atoms with Crippen molar-refractivity contribution < 1.29 is 9.90 Å². The molecule has 1 aromatic heterocycles. The summed E-state index contributed by atoms with van der Waals surface area (Å²) in [5.74, 6) is -0.0870. The molecule has 1 heterocycles. The Kier molecular flexibility index (Phi) is 4.70. The van der Waals surface area contributed by atoms with Crippen LogP contribution < -0.4 is 0 Å². The Morgan fingerprint density at radius 3 is 2.43 bits per heavy atom. The molecule has 0 aliphatic heterocycles. The van der Waals surface area contributed by atoms with Gasteiger partial charge < -0.3 is 10.0 Å². The Bertz CT molecular complexity index is 576. The van der Waals surface area contributed by atoms with Crippen molar-refractivity contribution in [2.24, 2.45) is 0 Å². The minimum atomic E-state index is -0.550. The molecule has 0 saturated heterocycles. The van der Waals surface area contributed by atoms with E-state index >= 15 is 0 Å². The second kappa shape index (κ2) is 6.49. The summed E-state index contributed by atoms with van der Waals surface area (Å²) in [6.07, 6.45) is 2.79. The number of aromatic nitrogens is 3. The van der Waals surface area contributed by atoms with Crippen molar-refractivity contribution >= 4 is 5.91 Å². The second-order valence-electron chi connectivity index (χ2n) is 5.29. The molecule has 1 aromatic carbocycles. The fourth-order valence-corrected chi connectivity index (χ4v) is 2.08. The van der Waals surface area contributed by atoms with E-state index in [9.17, 15) is 9.90 Å². The van der Waals surface area contributed by atoms with E-state index in [2.05, 4.69) is 10.3 Å². The van der Waals surface area contributed by atoms with Crippen LogP contribution in [-0.2, 0) is 0 Å². The number of hydrogen-bond acceptors (Lipinski definition) is 4. The molecule has 1 amide bonds. The normalized spacial score (nSPS) is 12.4. The first-order valence-electron chi connectivity index (χ1n) is 6.95. The number of carbonyl (C=O) groups is 1. The summed E-state index contributed by atoms with van der Waals surface area (Å²) in [6.45, 7) is 5.87. The Morgan fingerprint density at radius 1 is 1.29 bits per heavy atom. The lowest BCUT2D eigenvalue weighted by atomic mass is 10.1. The summed E-state index contributed by atoms with van der Waals surface area (Å²) >= 11 is 0.